The van der Waals surface area contributed by atoms with Gasteiger partial charge in [0.25, 0.3) is 0 Å². The minimum Gasteiger partial charge on any atom is -0.457 e. The summed E-state index contributed by atoms with van der Waals surface area (Å²) in [5.74, 6) is 1.51. The first-order chi connectivity index (χ1) is 8.19. The van der Waals surface area contributed by atoms with E-state index in [0.717, 1.165) is 22.8 Å². The standard InChI is InChI=1S/C13H13ClN2O/c1-9-6-10(14)2-3-13(9)17-12-4-5-16-11(7-12)8-15/h2-7H,8,15H2,1H3. The van der Waals surface area contributed by atoms with Gasteiger partial charge in [-0.25, -0.2) is 0 Å². The molecular weight excluding hydrogens is 236 g/mol. The Kier molecular flexibility index (Phi) is 3.61. The first-order valence-electron chi connectivity index (χ1n) is 5.28. The van der Waals surface area contributed by atoms with Crippen molar-refractivity contribution in [3.63, 3.8) is 0 Å². The Morgan fingerprint density at radius 2 is 2.12 bits per heavy atom. The Balaban J connectivity index is 2.25. The highest BCUT2D eigenvalue weighted by molar-refractivity contribution is 6.30. The normalized spacial score (nSPS) is 10.3. The summed E-state index contributed by atoms with van der Waals surface area (Å²) in [7, 11) is 0. The lowest BCUT2D eigenvalue weighted by Gasteiger charge is -2.09. The van der Waals surface area contributed by atoms with Crippen LogP contribution in [-0.4, -0.2) is 4.98 Å². The maximum Gasteiger partial charge on any atom is 0.130 e. The van der Waals surface area contributed by atoms with E-state index in [-0.39, 0.29) is 0 Å². The van der Waals surface area contributed by atoms with Crippen LogP contribution in [0.1, 0.15) is 11.3 Å². The van der Waals surface area contributed by atoms with Crippen molar-refractivity contribution < 1.29 is 4.74 Å². The van der Waals surface area contributed by atoms with Gasteiger partial charge in [0.2, 0.25) is 0 Å². The van der Waals surface area contributed by atoms with Crippen molar-refractivity contribution in [3.05, 3.63) is 52.8 Å². The second kappa shape index (κ2) is 5.17. The average molecular weight is 249 g/mol. The molecule has 0 aliphatic carbocycles. The molecule has 3 nitrogen and oxygen atoms in total. The van der Waals surface area contributed by atoms with E-state index in [4.69, 9.17) is 22.1 Å². The van der Waals surface area contributed by atoms with Gasteiger partial charge in [0.15, 0.2) is 0 Å². The van der Waals surface area contributed by atoms with Crippen molar-refractivity contribution >= 4 is 11.6 Å². The van der Waals surface area contributed by atoms with Crippen LogP contribution < -0.4 is 10.5 Å². The zero-order valence-electron chi connectivity index (χ0n) is 9.48. The Morgan fingerprint density at radius 1 is 1.29 bits per heavy atom. The van der Waals surface area contributed by atoms with E-state index >= 15 is 0 Å². The predicted octanol–water partition coefficient (Wildman–Crippen LogP) is 3.29. The van der Waals surface area contributed by atoms with E-state index in [1.54, 1.807) is 18.3 Å². The van der Waals surface area contributed by atoms with Crippen LogP contribution in [0.4, 0.5) is 0 Å². The monoisotopic (exact) mass is 248 g/mol. The lowest BCUT2D eigenvalue weighted by atomic mass is 10.2. The first-order valence-corrected chi connectivity index (χ1v) is 5.66. The van der Waals surface area contributed by atoms with Crippen LogP contribution in [0.25, 0.3) is 0 Å². The molecule has 0 saturated heterocycles. The van der Waals surface area contributed by atoms with E-state index in [2.05, 4.69) is 4.98 Å². The Morgan fingerprint density at radius 3 is 2.82 bits per heavy atom. The molecule has 0 saturated carbocycles. The summed E-state index contributed by atoms with van der Waals surface area (Å²) in [5, 5.41) is 0.701. The van der Waals surface area contributed by atoms with Crippen LogP contribution in [-0.2, 0) is 6.54 Å². The SMILES string of the molecule is Cc1cc(Cl)ccc1Oc1ccnc(CN)c1. The Labute approximate surface area is 105 Å². The molecule has 0 atom stereocenters. The first kappa shape index (κ1) is 11.9. The van der Waals surface area contributed by atoms with E-state index < -0.39 is 0 Å². The van der Waals surface area contributed by atoms with Crippen LogP contribution in [0.2, 0.25) is 5.02 Å². The highest BCUT2D eigenvalue weighted by Gasteiger charge is 2.03. The molecule has 88 valence electrons. The Hall–Kier alpha value is -1.58. The predicted molar refractivity (Wildman–Crippen MR) is 68.4 cm³/mol. The Bertz CT molecular complexity index is 529. The average Bonchev–Trinajstić information content (AvgIpc) is 2.33. The molecule has 1 heterocycles. The number of rotatable bonds is 3. The largest absolute Gasteiger partial charge is 0.457 e. The summed E-state index contributed by atoms with van der Waals surface area (Å²) in [4.78, 5) is 4.11. The van der Waals surface area contributed by atoms with Gasteiger partial charge in [0, 0.05) is 23.8 Å². The van der Waals surface area contributed by atoms with Gasteiger partial charge in [-0.3, -0.25) is 4.98 Å². The third-order valence-corrected chi connectivity index (χ3v) is 2.60. The molecule has 0 radical (unpaired) electrons. The van der Waals surface area contributed by atoms with Crippen molar-refractivity contribution in [2.45, 2.75) is 13.5 Å². The molecule has 0 aliphatic heterocycles. The van der Waals surface area contributed by atoms with Crippen LogP contribution >= 0.6 is 11.6 Å². The summed E-state index contributed by atoms with van der Waals surface area (Å²) in [6.07, 6.45) is 1.68. The van der Waals surface area contributed by atoms with Crippen molar-refractivity contribution in [2.24, 2.45) is 5.73 Å². The van der Waals surface area contributed by atoms with Crippen LogP contribution in [0.5, 0.6) is 11.5 Å². The number of halogens is 1. The number of benzene rings is 1. The number of aryl methyl sites for hydroxylation is 1. The summed E-state index contributed by atoms with van der Waals surface area (Å²) < 4.78 is 5.75. The highest BCUT2D eigenvalue weighted by Crippen LogP contribution is 2.27. The highest BCUT2D eigenvalue weighted by atomic mass is 35.5. The van der Waals surface area contributed by atoms with Crippen molar-refractivity contribution in [3.8, 4) is 11.5 Å². The second-order valence-electron chi connectivity index (χ2n) is 3.70. The quantitative estimate of drug-likeness (QED) is 0.907. The van der Waals surface area contributed by atoms with Gasteiger partial charge in [-0.1, -0.05) is 11.6 Å². The number of nitrogens with two attached hydrogens (primary N) is 1. The number of pyridine rings is 1. The van der Waals surface area contributed by atoms with Crippen LogP contribution in [0.3, 0.4) is 0 Å². The molecule has 0 bridgehead atoms. The molecule has 2 rings (SSSR count). The van der Waals surface area contributed by atoms with E-state index in [9.17, 15) is 0 Å². The fraction of sp³-hybridized carbons (Fsp3) is 0.154. The lowest BCUT2D eigenvalue weighted by molar-refractivity contribution is 0.477. The minimum absolute atomic E-state index is 0.400. The van der Waals surface area contributed by atoms with Gasteiger partial charge < -0.3 is 10.5 Å². The zero-order chi connectivity index (χ0) is 12.3. The molecule has 0 aliphatic rings. The van der Waals surface area contributed by atoms with Gasteiger partial charge in [-0.05, 0) is 36.8 Å². The fourth-order valence-electron chi connectivity index (χ4n) is 1.49. The van der Waals surface area contributed by atoms with Crippen LogP contribution in [0.15, 0.2) is 36.5 Å². The smallest absolute Gasteiger partial charge is 0.130 e. The zero-order valence-corrected chi connectivity index (χ0v) is 10.2. The molecule has 1 aromatic carbocycles. The number of ether oxygens (including phenoxy) is 1. The van der Waals surface area contributed by atoms with E-state index in [1.807, 2.05) is 25.1 Å². The molecule has 1 aromatic heterocycles. The topological polar surface area (TPSA) is 48.1 Å². The summed E-state index contributed by atoms with van der Waals surface area (Å²) in [5.41, 5.74) is 7.32. The number of hydrogen-bond acceptors (Lipinski definition) is 3. The van der Waals surface area contributed by atoms with Gasteiger partial charge in [-0.2, -0.15) is 0 Å². The summed E-state index contributed by atoms with van der Waals surface area (Å²) >= 11 is 5.89. The van der Waals surface area contributed by atoms with Gasteiger partial charge >= 0.3 is 0 Å². The summed E-state index contributed by atoms with van der Waals surface area (Å²) in [6.45, 7) is 2.35. The molecule has 0 amide bonds. The maximum absolute atomic E-state index is 5.89. The molecule has 0 unspecified atom stereocenters. The van der Waals surface area contributed by atoms with Gasteiger partial charge in [-0.15, -0.1) is 0 Å². The fourth-order valence-corrected chi connectivity index (χ4v) is 1.71. The molecular formula is C13H13ClN2O. The number of aromatic nitrogens is 1. The molecule has 0 spiro atoms. The van der Waals surface area contributed by atoms with Crippen LogP contribution in [0, 0.1) is 6.92 Å². The van der Waals surface area contributed by atoms with E-state index in [1.165, 1.54) is 0 Å². The third kappa shape index (κ3) is 2.96. The van der Waals surface area contributed by atoms with Crippen molar-refractivity contribution in [2.75, 3.05) is 0 Å². The molecule has 2 N–H and O–H groups in total. The second-order valence-corrected chi connectivity index (χ2v) is 4.14. The third-order valence-electron chi connectivity index (χ3n) is 2.36. The number of hydrogen-bond donors (Lipinski definition) is 1. The molecule has 2 aromatic rings. The molecule has 17 heavy (non-hydrogen) atoms. The maximum atomic E-state index is 5.89. The van der Waals surface area contributed by atoms with Crippen molar-refractivity contribution in [1.82, 2.24) is 4.98 Å². The number of nitrogens with zero attached hydrogens (tertiary/aromatic N) is 1. The van der Waals surface area contributed by atoms with E-state index in [0.29, 0.717) is 11.6 Å². The van der Waals surface area contributed by atoms with Gasteiger partial charge in [0.05, 0.1) is 5.69 Å². The lowest BCUT2D eigenvalue weighted by Crippen LogP contribution is -1.99. The van der Waals surface area contributed by atoms with Gasteiger partial charge in [0.1, 0.15) is 11.5 Å². The minimum atomic E-state index is 0.400. The molecule has 4 heteroatoms. The molecule has 0 fully saturated rings. The van der Waals surface area contributed by atoms with Crippen molar-refractivity contribution in [1.29, 1.82) is 0 Å². The summed E-state index contributed by atoms with van der Waals surface area (Å²) in [6, 6.07) is 9.14.